The van der Waals surface area contributed by atoms with Gasteiger partial charge in [-0.15, -0.1) is 0 Å². The maximum Gasteiger partial charge on any atom is 0.289 e. The van der Waals surface area contributed by atoms with Crippen LogP contribution in [0, 0.1) is 6.92 Å². The molecule has 0 radical (unpaired) electrons. The summed E-state index contributed by atoms with van der Waals surface area (Å²) in [7, 11) is 2.88. The van der Waals surface area contributed by atoms with E-state index in [1.807, 2.05) is 36.4 Å². The standard InChI is InChI=1S/C30H28N2O7/c1-18-26(33)21-15-24(37-2)25(38-3)16-23(21)39-28(18)30(36)32-22(14-19-10-6-4-7-11-19)27(34)29(35)31-17-20-12-8-5-9-13-20/h4-13,15-16,22H,14,17H2,1-3H3,(H,31,35)(H,32,36)/t22-/m0/s1. The van der Waals surface area contributed by atoms with Crippen molar-refractivity contribution >= 4 is 28.6 Å². The Kier molecular flexibility index (Phi) is 8.40. The topological polar surface area (TPSA) is 124 Å². The van der Waals surface area contributed by atoms with Gasteiger partial charge < -0.3 is 24.5 Å². The largest absolute Gasteiger partial charge is 0.493 e. The van der Waals surface area contributed by atoms with Crippen molar-refractivity contribution in [3.8, 4) is 11.5 Å². The van der Waals surface area contributed by atoms with Crippen molar-refractivity contribution < 1.29 is 28.3 Å². The summed E-state index contributed by atoms with van der Waals surface area (Å²) in [6.45, 7) is 1.61. The van der Waals surface area contributed by atoms with Gasteiger partial charge in [-0.05, 0) is 24.1 Å². The number of ketones is 1. The van der Waals surface area contributed by atoms with Gasteiger partial charge in [0.05, 0.1) is 19.6 Å². The SMILES string of the molecule is COc1cc2oc(C(=O)N[C@@H](Cc3ccccc3)C(=O)C(=O)NCc3ccccc3)c(C)c(=O)c2cc1OC. The average Bonchev–Trinajstić information content (AvgIpc) is 2.97. The van der Waals surface area contributed by atoms with E-state index in [1.165, 1.54) is 33.3 Å². The van der Waals surface area contributed by atoms with E-state index in [0.717, 1.165) is 11.1 Å². The fourth-order valence-corrected chi connectivity index (χ4v) is 4.14. The molecule has 0 aliphatic rings. The van der Waals surface area contributed by atoms with Crippen molar-refractivity contribution in [3.05, 3.63) is 105 Å². The second-order valence-electron chi connectivity index (χ2n) is 8.84. The van der Waals surface area contributed by atoms with Crippen molar-refractivity contribution in [1.82, 2.24) is 10.6 Å². The lowest BCUT2D eigenvalue weighted by atomic mass is 10.0. The van der Waals surface area contributed by atoms with E-state index >= 15 is 0 Å². The Bertz CT molecular complexity index is 1560. The Labute approximate surface area is 224 Å². The van der Waals surface area contributed by atoms with Crippen LogP contribution in [-0.2, 0) is 22.6 Å². The Morgan fingerprint density at radius 1 is 0.872 bits per heavy atom. The molecule has 9 heteroatoms. The van der Waals surface area contributed by atoms with Gasteiger partial charge in [0.25, 0.3) is 11.8 Å². The number of amides is 2. The summed E-state index contributed by atoms with van der Waals surface area (Å²) in [4.78, 5) is 52.4. The van der Waals surface area contributed by atoms with Gasteiger partial charge in [0.15, 0.2) is 22.7 Å². The van der Waals surface area contributed by atoms with Gasteiger partial charge in [-0.3, -0.25) is 19.2 Å². The Morgan fingerprint density at radius 3 is 2.08 bits per heavy atom. The normalized spacial score (nSPS) is 11.5. The fourth-order valence-electron chi connectivity index (χ4n) is 4.14. The van der Waals surface area contributed by atoms with Crippen molar-refractivity contribution in [3.63, 3.8) is 0 Å². The molecular formula is C30H28N2O7. The zero-order chi connectivity index (χ0) is 27.9. The van der Waals surface area contributed by atoms with Crippen molar-refractivity contribution in [2.24, 2.45) is 0 Å². The molecule has 1 aromatic heterocycles. The minimum Gasteiger partial charge on any atom is -0.493 e. The molecule has 3 aromatic carbocycles. The first-order chi connectivity index (χ1) is 18.8. The zero-order valence-electron chi connectivity index (χ0n) is 21.8. The lowest BCUT2D eigenvalue weighted by Gasteiger charge is -2.18. The third-order valence-corrected chi connectivity index (χ3v) is 6.25. The summed E-state index contributed by atoms with van der Waals surface area (Å²) >= 11 is 0. The van der Waals surface area contributed by atoms with Crippen LogP contribution in [0.1, 0.15) is 27.2 Å². The van der Waals surface area contributed by atoms with Crippen LogP contribution in [0.2, 0.25) is 0 Å². The number of carbonyl (C=O) groups is 3. The van der Waals surface area contributed by atoms with Gasteiger partial charge in [0.1, 0.15) is 11.6 Å². The number of rotatable bonds is 10. The summed E-state index contributed by atoms with van der Waals surface area (Å²) in [6, 6.07) is 19.9. The highest BCUT2D eigenvalue weighted by atomic mass is 16.5. The van der Waals surface area contributed by atoms with Gasteiger partial charge in [0, 0.05) is 24.6 Å². The van der Waals surface area contributed by atoms with Gasteiger partial charge in [-0.25, -0.2) is 0 Å². The summed E-state index contributed by atoms with van der Waals surface area (Å²) in [5, 5.41) is 5.42. The fraction of sp³-hybridized carbons (Fsp3) is 0.200. The number of hydrogen-bond donors (Lipinski definition) is 2. The Hall–Kier alpha value is -4.92. The van der Waals surface area contributed by atoms with Crippen LogP contribution in [0.15, 0.2) is 82.0 Å². The molecule has 1 atom stereocenters. The van der Waals surface area contributed by atoms with Crippen LogP contribution < -0.4 is 25.5 Å². The monoisotopic (exact) mass is 528 g/mol. The second kappa shape index (κ2) is 12.1. The predicted octanol–water partition coefficient (Wildman–Crippen LogP) is 3.35. The number of methoxy groups -OCH3 is 2. The molecule has 9 nitrogen and oxygen atoms in total. The summed E-state index contributed by atoms with van der Waals surface area (Å²) in [6.07, 6.45) is 0.0616. The van der Waals surface area contributed by atoms with Crippen molar-refractivity contribution in [2.75, 3.05) is 14.2 Å². The summed E-state index contributed by atoms with van der Waals surface area (Å²) < 4.78 is 16.4. The molecule has 2 amide bonds. The number of hydrogen-bond acceptors (Lipinski definition) is 7. The van der Waals surface area contributed by atoms with Crippen LogP contribution in [0.3, 0.4) is 0 Å². The van der Waals surface area contributed by atoms with Crippen LogP contribution in [0.5, 0.6) is 11.5 Å². The lowest BCUT2D eigenvalue weighted by molar-refractivity contribution is -0.139. The van der Waals surface area contributed by atoms with Crippen LogP contribution in [-0.4, -0.2) is 37.9 Å². The predicted molar refractivity (Wildman–Crippen MR) is 145 cm³/mol. The Balaban J connectivity index is 1.63. The molecule has 0 spiro atoms. The lowest BCUT2D eigenvalue weighted by Crippen LogP contribution is -2.48. The van der Waals surface area contributed by atoms with Crippen LogP contribution >= 0.6 is 0 Å². The molecule has 39 heavy (non-hydrogen) atoms. The molecule has 0 aliphatic carbocycles. The number of benzene rings is 3. The molecule has 0 saturated heterocycles. The quantitative estimate of drug-likeness (QED) is 0.303. The van der Waals surface area contributed by atoms with E-state index in [-0.39, 0.29) is 35.3 Å². The molecule has 0 saturated carbocycles. The third kappa shape index (κ3) is 6.15. The first kappa shape index (κ1) is 27.1. The highest BCUT2D eigenvalue weighted by Crippen LogP contribution is 2.31. The molecular weight excluding hydrogens is 500 g/mol. The van der Waals surface area contributed by atoms with Crippen LogP contribution in [0.25, 0.3) is 11.0 Å². The first-order valence-electron chi connectivity index (χ1n) is 12.2. The van der Waals surface area contributed by atoms with Crippen LogP contribution in [0.4, 0.5) is 0 Å². The molecule has 4 aromatic rings. The molecule has 0 aliphatic heterocycles. The Morgan fingerprint density at radius 2 is 1.46 bits per heavy atom. The highest BCUT2D eigenvalue weighted by Gasteiger charge is 2.29. The maximum atomic E-state index is 13.4. The number of nitrogens with one attached hydrogen (secondary N) is 2. The van der Waals surface area contributed by atoms with Crippen molar-refractivity contribution in [1.29, 1.82) is 0 Å². The molecule has 200 valence electrons. The van der Waals surface area contributed by atoms with E-state index in [2.05, 4.69) is 10.6 Å². The van der Waals surface area contributed by atoms with E-state index < -0.39 is 29.1 Å². The number of Topliss-reactive ketones (excluding diaryl/α,β-unsaturated/α-hetero) is 1. The molecule has 0 unspecified atom stereocenters. The van der Waals surface area contributed by atoms with Gasteiger partial charge in [0.2, 0.25) is 5.78 Å². The van der Waals surface area contributed by atoms with Gasteiger partial charge >= 0.3 is 0 Å². The summed E-state index contributed by atoms with van der Waals surface area (Å²) in [5.74, 6) is -2.08. The minimum absolute atomic E-state index is 0.0478. The second-order valence-corrected chi connectivity index (χ2v) is 8.84. The molecule has 0 bridgehead atoms. The first-order valence-corrected chi connectivity index (χ1v) is 12.2. The van der Waals surface area contributed by atoms with Gasteiger partial charge in [-0.1, -0.05) is 60.7 Å². The third-order valence-electron chi connectivity index (χ3n) is 6.25. The zero-order valence-corrected chi connectivity index (χ0v) is 21.8. The van der Waals surface area contributed by atoms with E-state index in [4.69, 9.17) is 13.9 Å². The highest BCUT2D eigenvalue weighted by molar-refractivity contribution is 6.38. The average molecular weight is 529 g/mol. The molecule has 1 heterocycles. The van der Waals surface area contributed by atoms with E-state index in [1.54, 1.807) is 24.3 Å². The molecule has 4 rings (SSSR count). The number of carbonyl (C=O) groups excluding carboxylic acids is 3. The van der Waals surface area contributed by atoms with E-state index in [0.29, 0.717) is 11.5 Å². The maximum absolute atomic E-state index is 13.4. The smallest absolute Gasteiger partial charge is 0.289 e. The van der Waals surface area contributed by atoms with E-state index in [9.17, 15) is 19.2 Å². The number of fused-ring (bicyclic) bond motifs is 1. The molecule has 2 N–H and O–H groups in total. The minimum atomic E-state index is -1.21. The van der Waals surface area contributed by atoms with Crippen molar-refractivity contribution in [2.45, 2.75) is 25.9 Å². The molecule has 0 fully saturated rings. The van der Waals surface area contributed by atoms with Gasteiger partial charge in [-0.2, -0.15) is 0 Å². The number of ether oxygens (including phenoxy) is 2. The summed E-state index contributed by atoms with van der Waals surface area (Å²) in [5.41, 5.74) is 1.28.